The van der Waals surface area contributed by atoms with Crippen molar-refractivity contribution in [1.82, 2.24) is 4.98 Å². The monoisotopic (exact) mass is 460 g/mol. The predicted octanol–water partition coefficient (Wildman–Crippen LogP) is 6.57. The van der Waals surface area contributed by atoms with Crippen LogP contribution in [0, 0.1) is 5.41 Å². The number of benzene rings is 2. The number of nitrogens with zero attached hydrogens (tertiary/aromatic N) is 2. The third kappa shape index (κ3) is 3.16. The SMILES string of the molecule is C[C@@H]1c2cc3c(c4c2N(CCC4(C)C)CCC1(C)C)OC(O)C(c1nc2ccccc2s1)=C3. The molecular formula is C28H32N2O2S. The van der Waals surface area contributed by atoms with Crippen molar-refractivity contribution in [2.45, 2.75) is 65.1 Å². The van der Waals surface area contributed by atoms with E-state index in [2.05, 4.69) is 57.7 Å². The van der Waals surface area contributed by atoms with Crippen LogP contribution >= 0.6 is 11.3 Å². The van der Waals surface area contributed by atoms with Crippen LogP contribution in [0.3, 0.4) is 0 Å². The standard InChI is InChI=1S/C28H32N2O2S/c1-16-18-14-17-15-19(25-29-20-8-6-7-9-21(20)33-25)26(31)32-24(17)22-23(18)30(12-10-27(16,2)3)13-11-28(22,4)5/h6-9,14-16,26,31H,10-13H2,1-5H3/t16-,26?/m1/s1. The van der Waals surface area contributed by atoms with Crippen LogP contribution in [0.5, 0.6) is 5.75 Å². The molecule has 1 N–H and O–H groups in total. The summed E-state index contributed by atoms with van der Waals surface area (Å²) in [6.07, 6.45) is 3.36. The fraction of sp³-hybridized carbons (Fsp3) is 0.464. The van der Waals surface area contributed by atoms with Crippen molar-refractivity contribution in [2.24, 2.45) is 5.41 Å². The Hall–Kier alpha value is -2.37. The second-order valence-corrected chi connectivity index (χ2v) is 12.3. The van der Waals surface area contributed by atoms with Crippen LogP contribution in [0.15, 0.2) is 30.3 Å². The lowest BCUT2D eigenvalue weighted by molar-refractivity contribution is 0.0302. The number of aliphatic hydroxyl groups excluding tert-OH is 1. The van der Waals surface area contributed by atoms with Gasteiger partial charge < -0.3 is 14.7 Å². The van der Waals surface area contributed by atoms with Crippen LogP contribution in [0.2, 0.25) is 0 Å². The second-order valence-electron chi connectivity index (χ2n) is 11.2. The quantitative estimate of drug-likeness (QED) is 0.446. The molecule has 5 heteroatoms. The third-order valence-electron chi connectivity index (χ3n) is 8.32. The van der Waals surface area contributed by atoms with Crippen molar-refractivity contribution in [2.75, 3.05) is 18.0 Å². The minimum atomic E-state index is -1.02. The van der Waals surface area contributed by atoms with E-state index in [-0.39, 0.29) is 10.8 Å². The van der Waals surface area contributed by atoms with E-state index in [0.29, 0.717) is 5.92 Å². The highest BCUT2D eigenvalue weighted by molar-refractivity contribution is 7.19. The molecule has 0 radical (unpaired) electrons. The lowest BCUT2D eigenvalue weighted by Gasteiger charge is -2.43. The summed E-state index contributed by atoms with van der Waals surface area (Å²) in [6, 6.07) is 10.5. The average Bonchev–Trinajstić information content (AvgIpc) is 3.17. The van der Waals surface area contributed by atoms with Crippen LogP contribution in [0.25, 0.3) is 21.9 Å². The molecule has 0 amide bonds. The highest BCUT2D eigenvalue weighted by atomic mass is 32.1. The minimum absolute atomic E-state index is 0.0128. The average molecular weight is 461 g/mol. The Bertz CT molecular complexity index is 1270. The number of thiazole rings is 1. The summed E-state index contributed by atoms with van der Waals surface area (Å²) < 4.78 is 7.48. The van der Waals surface area contributed by atoms with E-state index in [0.717, 1.165) is 51.6 Å². The highest BCUT2D eigenvalue weighted by Crippen LogP contribution is 2.56. The number of rotatable bonds is 1. The molecule has 2 atom stereocenters. The van der Waals surface area contributed by atoms with Gasteiger partial charge in [0.05, 0.1) is 15.8 Å². The van der Waals surface area contributed by atoms with Gasteiger partial charge in [-0.1, -0.05) is 46.8 Å². The molecule has 0 fully saturated rings. The van der Waals surface area contributed by atoms with Gasteiger partial charge in [-0.3, -0.25) is 0 Å². The molecule has 2 aromatic carbocycles. The van der Waals surface area contributed by atoms with Gasteiger partial charge >= 0.3 is 0 Å². The Morgan fingerprint density at radius 3 is 2.67 bits per heavy atom. The second kappa shape index (κ2) is 7.07. The van der Waals surface area contributed by atoms with Crippen LogP contribution in [-0.4, -0.2) is 29.5 Å². The van der Waals surface area contributed by atoms with Gasteiger partial charge in [-0.05, 0) is 59.4 Å². The first-order chi connectivity index (χ1) is 15.7. The van der Waals surface area contributed by atoms with Crippen molar-refractivity contribution in [3.63, 3.8) is 0 Å². The topological polar surface area (TPSA) is 45.6 Å². The molecule has 0 aliphatic carbocycles. The Kier molecular flexibility index (Phi) is 4.54. The predicted molar refractivity (Wildman–Crippen MR) is 137 cm³/mol. The van der Waals surface area contributed by atoms with E-state index in [1.54, 1.807) is 11.3 Å². The Morgan fingerprint density at radius 1 is 1.12 bits per heavy atom. The zero-order chi connectivity index (χ0) is 23.1. The normalized spacial score (nSPS) is 25.0. The van der Waals surface area contributed by atoms with Gasteiger partial charge in [0.25, 0.3) is 0 Å². The lowest BCUT2D eigenvalue weighted by atomic mass is 9.70. The lowest BCUT2D eigenvalue weighted by Crippen LogP contribution is -2.39. The summed E-state index contributed by atoms with van der Waals surface area (Å²) in [4.78, 5) is 7.37. The van der Waals surface area contributed by atoms with Gasteiger partial charge in [0.15, 0.2) is 0 Å². The smallest absolute Gasteiger partial charge is 0.227 e. The summed E-state index contributed by atoms with van der Waals surface area (Å²) in [5.74, 6) is 1.29. The first-order valence-electron chi connectivity index (χ1n) is 12.0. The molecule has 3 aliphatic rings. The molecule has 1 unspecified atom stereocenters. The summed E-state index contributed by atoms with van der Waals surface area (Å²) in [5.41, 5.74) is 7.03. The van der Waals surface area contributed by atoms with Crippen molar-refractivity contribution in [3.05, 3.63) is 52.0 Å². The maximum absolute atomic E-state index is 11.1. The maximum Gasteiger partial charge on any atom is 0.227 e. The number of aliphatic hydroxyl groups is 1. The largest absolute Gasteiger partial charge is 0.460 e. The van der Waals surface area contributed by atoms with Gasteiger partial charge in [0, 0.05) is 29.9 Å². The van der Waals surface area contributed by atoms with Crippen LogP contribution in [-0.2, 0) is 5.41 Å². The van der Waals surface area contributed by atoms with Crippen LogP contribution in [0.1, 0.15) is 75.1 Å². The van der Waals surface area contributed by atoms with Gasteiger partial charge in [-0.15, -0.1) is 11.3 Å². The minimum Gasteiger partial charge on any atom is -0.460 e. The third-order valence-corrected chi connectivity index (χ3v) is 9.41. The Morgan fingerprint density at radius 2 is 1.88 bits per heavy atom. The number of anilines is 1. The Labute approximate surface area is 199 Å². The zero-order valence-electron chi connectivity index (χ0n) is 20.1. The highest BCUT2D eigenvalue weighted by Gasteiger charge is 2.43. The number of ether oxygens (including phenoxy) is 1. The number of hydrogen-bond donors (Lipinski definition) is 1. The molecular weight excluding hydrogens is 428 g/mol. The summed E-state index contributed by atoms with van der Waals surface area (Å²) in [7, 11) is 0. The van der Waals surface area contributed by atoms with Crippen molar-refractivity contribution in [3.8, 4) is 5.75 Å². The molecule has 4 nitrogen and oxygen atoms in total. The molecule has 33 heavy (non-hydrogen) atoms. The zero-order valence-corrected chi connectivity index (χ0v) is 20.9. The van der Waals surface area contributed by atoms with E-state index >= 15 is 0 Å². The molecule has 0 bridgehead atoms. The first kappa shape index (κ1) is 21.2. The summed E-state index contributed by atoms with van der Waals surface area (Å²) >= 11 is 1.61. The molecule has 172 valence electrons. The molecule has 3 aromatic rings. The molecule has 6 rings (SSSR count). The van der Waals surface area contributed by atoms with Crippen LogP contribution in [0.4, 0.5) is 5.69 Å². The van der Waals surface area contributed by atoms with E-state index in [4.69, 9.17) is 9.72 Å². The van der Waals surface area contributed by atoms with Crippen molar-refractivity contribution < 1.29 is 9.84 Å². The van der Waals surface area contributed by atoms with E-state index in [9.17, 15) is 5.11 Å². The molecule has 0 spiro atoms. The molecule has 0 saturated heterocycles. The van der Waals surface area contributed by atoms with Gasteiger partial charge in [0.1, 0.15) is 10.8 Å². The van der Waals surface area contributed by atoms with Crippen LogP contribution < -0.4 is 9.64 Å². The molecule has 0 saturated carbocycles. The summed E-state index contributed by atoms with van der Waals surface area (Å²) in [5, 5.41) is 12.0. The Balaban J connectivity index is 1.59. The van der Waals surface area contributed by atoms with Crippen molar-refractivity contribution in [1.29, 1.82) is 0 Å². The van der Waals surface area contributed by atoms with Gasteiger partial charge in [-0.25, -0.2) is 4.98 Å². The molecule has 1 aromatic heterocycles. The fourth-order valence-corrected chi connectivity index (χ4v) is 6.74. The number of hydrogen-bond acceptors (Lipinski definition) is 5. The number of para-hydroxylation sites is 1. The molecule has 4 heterocycles. The molecule has 3 aliphatic heterocycles. The van der Waals surface area contributed by atoms with E-state index in [1.807, 2.05) is 18.2 Å². The van der Waals surface area contributed by atoms with Gasteiger partial charge in [0.2, 0.25) is 6.29 Å². The van der Waals surface area contributed by atoms with Crippen molar-refractivity contribution >= 4 is 38.9 Å². The number of fused-ring (bicyclic) bond motifs is 3. The summed E-state index contributed by atoms with van der Waals surface area (Å²) in [6.45, 7) is 14.0. The fourth-order valence-electron chi connectivity index (χ4n) is 5.74. The first-order valence-corrected chi connectivity index (χ1v) is 12.9. The van der Waals surface area contributed by atoms with E-state index < -0.39 is 6.29 Å². The van der Waals surface area contributed by atoms with E-state index in [1.165, 1.54) is 23.2 Å². The number of aromatic nitrogens is 1. The van der Waals surface area contributed by atoms with Gasteiger partial charge in [-0.2, -0.15) is 0 Å². The maximum atomic E-state index is 11.1.